The first-order valence-corrected chi connectivity index (χ1v) is 11.2. The van der Waals surface area contributed by atoms with E-state index in [9.17, 15) is 14.4 Å². The number of nitrogens with zero attached hydrogens (tertiary/aromatic N) is 2. The second-order valence-electron chi connectivity index (χ2n) is 8.20. The molecule has 2 amide bonds. The Hall–Kier alpha value is -1.89. The number of amides is 2. The van der Waals surface area contributed by atoms with Crippen molar-refractivity contribution in [2.24, 2.45) is 11.8 Å². The van der Waals surface area contributed by atoms with Gasteiger partial charge >= 0.3 is 5.97 Å². The van der Waals surface area contributed by atoms with Crippen LogP contribution in [0.1, 0.15) is 54.6 Å². The van der Waals surface area contributed by atoms with E-state index in [1.54, 1.807) is 4.90 Å². The van der Waals surface area contributed by atoms with Crippen LogP contribution in [-0.2, 0) is 14.3 Å². The van der Waals surface area contributed by atoms with Crippen LogP contribution in [-0.4, -0.2) is 59.9 Å². The fraction of sp³-hybridized carbons (Fsp3) is 0.667. The third kappa shape index (κ3) is 3.56. The molecule has 3 aliphatic rings. The molecule has 0 N–H and O–H groups in total. The lowest BCUT2D eigenvalue weighted by Crippen LogP contribution is -2.52. The van der Waals surface area contributed by atoms with Crippen molar-refractivity contribution in [3.63, 3.8) is 0 Å². The van der Waals surface area contributed by atoms with Gasteiger partial charge in [0.1, 0.15) is 6.04 Å². The lowest BCUT2D eigenvalue weighted by Gasteiger charge is -2.38. The molecular weight excluding hydrogens is 376 g/mol. The molecule has 3 fully saturated rings. The molecule has 0 aromatic carbocycles. The molecule has 0 radical (unpaired) electrons. The predicted molar refractivity (Wildman–Crippen MR) is 106 cm³/mol. The number of carbonyl (C=O) groups excluding carboxylic acids is 3. The number of likely N-dealkylation sites (tertiary alicyclic amines) is 2. The number of rotatable bonds is 3. The van der Waals surface area contributed by atoms with Gasteiger partial charge in [-0.3, -0.25) is 9.59 Å². The number of carbonyl (C=O) groups is 3. The number of ether oxygens (including phenoxy) is 1. The molecule has 1 aromatic heterocycles. The van der Waals surface area contributed by atoms with Gasteiger partial charge in [-0.2, -0.15) is 0 Å². The summed E-state index contributed by atoms with van der Waals surface area (Å²) >= 11 is 1.43. The molecule has 4 atom stereocenters. The number of fused-ring (bicyclic) bond motifs is 1. The Kier molecular flexibility index (Phi) is 5.71. The van der Waals surface area contributed by atoms with Gasteiger partial charge in [0, 0.05) is 19.1 Å². The Labute approximate surface area is 169 Å². The van der Waals surface area contributed by atoms with Gasteiger partial charge in [0.15, 0.2) is 0 Å². The first-order chi connectivity index (χ1) is 13.6. The molecule has 1 aromatic rings. The van der Waals surface area contributed by atoms with Crippen molar-refractivity contribution < 1.29 is 19.1 Å². The number of esters is 1. The second kappa shape index (κ2) is 8.23. The van der Waals surface area contributed by atoms with Crippen LogP contribution in [0.4, 0.5) is 0 Å². The topological polar surface area (TPSA) is 66.9 Å². The zero-order valence-electron chi connectivity index (χ0n) is 16.3. The normalized spacial score (nSPS) is 30.0. The lowest BCUT2D eigenvalue weighted by molar-refractivity contribution is -0.154. The number of piperidine rings is 1. The molecule has 2 aliphatic heterocycles. The summed E-state index contributed by atoms with van der Waals surface area (Å²) < 4.78 is 5.02. The summed E-state index contributed by atoms with van der Waals surface area (Å²) in [6, 6.07) is 3.39. The highest BCUT2D eigenvalue weighted by molar-refractivity contribution is 7.12. The van der Waals surface area contributed by atoms with Gasteiger partial charge in [-0.25, -0.2) is 4.79 Å². The van der Waals surface area contributed by atoms with Gasteiger partial charge in [-0.05, 0) is 49.5 Å². The van der Waals surface area contributed by atoms with E-state index in [1.165, 1.54) is 24.9 Å². The Morgan fingerprint density at radius 3 is 2.71 bits per heavy atom. The van der Waals surface area contributed by atoms with E-state index < -0.39 is 6.04 Å². The van der Waals surface area contributed by atoms with Crippen LogP contribution in [0.2, 0.25) is 0 Å². The summed E-state index contributed by atoms with van der Waals surface area (Å²) in [4.78, 5) is 43.0. The first kappa shape index (κ1) is 19.4. The van der Waals surface area contributed by atoms with E-state index in [1.807, 2.05) is 22.4 Å². The molecule has 7 heteroatoms. The van der Waals surface area contributed by atoms with E-state index in [4.69, 9.17) is 4.74 Å². The molecule has 152 valence electrons. The Morgan fingerprint density at radius 1 is 1.14 bits per heavy atom. The molecule has 2 saturated heterocycles. The summed E-state index contributed by atoms with van der Waals surface area (Å²) in [5.74, 6) is -0.0905. The fourth-order valence-electron chi connectivity index (χ4n) is 5.25. The predicted octanol–water partition coefficient (Wildman–Crippen LogP) is 2.93. The SMILES string of the molecule is COC(=O)C1CC2CCCCC2N1C(=O)C1CCCN(C(=O)c2cccs2)C1. The van der Waals surface area contributed by atoms with Crippen LogP contribution in [0.3, 0.4) is 0 Å². The highest BCUT2D eigenvalue weighted by atomic mass is 32.1. The van der Waals surface area contributed by atoms with E-state index in [0.29, 0.717) is 30.3 Å². The standard InChI is InChI=1S/C21H28N2O4S/c1-27-21(26)17-12-14-6-2-3-8-16(14)23(17)19(24)15-7-4-10-22(13-15)20(25)18-9-5-11-28-18/h5,9,11,14-17H,2-4,6-8,10,12-13H2,1H3. The minimum absolute atomic E-state index is 0.00832. The molecule has 4 unspecified atom stereocenters. The average molecular weight is 405 g/mol. The maximum Gasteiger partial charge on any atom is 0.328 e. The molecular formula is C21H28N2O4S. The maximum absolute atomic E-state index is 13.5. The number of methoxy groups -OCH3 is 1. The van der Waals surface area contributed by atoms with E-state index in [-0.39, 0.29) is 29.7 Å². The Morgan fingerprint density at radius 2 is 1.96 bits per heavy atom. The molecule has 1 saturated carbocycles. The van der Waals surface area contributed by atoms with Crippen molar-refractivity contribution in [1.82, 2.24) is 9.80 Å². The first-order valence-electron chi connectivity index (χ1n) is 10.3. The van der Waals surface area contributed by atoms with Crippen molar-refractivity contribution in [2.45, 2.75) is 57.0 Å². The minimum Gasteiger partial charge on any atom is -0.467 e. The molecule has 0 spiro atoms. The van der Waals surface area contributed by atoms with Crippen molar-refractivity contribution in [1.29, 1.82) is 0 Å². The summed E-state index contributed by atoms with van der Waals surface area (Å²) in [5, 5.41) is 1.90. The van der Waals surface area contributed by atoms with Crippen molar-refractivity contribution in [2.75, 3.05) is 20.2 Å². The third-order valence-electron chi connectivity index (χ3n) is 6.61. The lowest BCUT2D eigenvalue weighted by atomic mass is 9.84. The summed E-state index contributed by atoms with van der Waals surface area (Å²) in [5.41, 5.74) is 0. The van der Waals surface area contributed by atoms with Crippen LogP contribution in [0.25, 0.3) is 0 Å². The van der Waals surface area contributed by atoms with Crippen LogP contribution >= 0.6 is 11.3 Å². The molecule has 1 aliphatic carbocycles. The number of hydrogen-bond donors (Lipinski definition) is 0. The van der Waals surface area contributed by atoms with Crippen molar-refractivity contribution in [3.8, 4) is 0 Å². The molecule has 3 heterocycles. The fourth-order valence-corrected chi connectivity index (χ4v) is 5.94. The Bertz CT molecular complexity index is 735. The summed E-state index contributed by atoms with van der Waals surface area (Å²) in [6.45, 7) is 1.13. The van der Waals surface area contributed by atoms with E-state index in [0.717, 1.165) is 32.1 Å². The Balaban J connectivity index is 1.51. The van der Waals surface area contributed by atoms with Crippen molar-refractivity contribution >= 4 is 29.1 Å². The van der Waals surface area contributed by atoms with E-state index in [2.05, 4.69) is 0 Å². The van der Waals surface area contributed by atoms with Gasteiger partial charge in [0.25, 0.3) is 5.91 Å². The molecule has 6 nitrogen and oxygen atoms in total. The highest BCUT2D eigenvalue weighted by Gasteiger charge is 2.49. The van der Waals surface area contributed by atoms with Crippen molar-refractivity contribution in [3.05, 3.63) is 22.4 Å². The smallest absolute Gasteiger partial charge is 0.328 e. The van der Waals surface area contributed by atoms with Crippen LogP contribution < -0.4 is 0 Å². The van der Waals surface area contributed by atoms with Crippen LogP contribution in [0.5, 0.6) is 0 Å². The van der Waals surface area contributed by atoms with Crippen LogP contribution in [0, 0.1) is 11.8 Å². The summed E-state index contributed by atoms with van der Waals surface area (Å²) in [7, 11) is 1.40. The molecule has 4 rings (SSSR count). The minimum atomic E-state index is -0.464. The van der Waals surface area contributed by atoms with Gasteiger partial charge in [-0.15, -0.1) is 11.3 Å². The second-order valence-corrected chi connectivity index (χ2v) is 9.15. The van der Waals surface area contributed by atoms with Gasteiger partial charge < -0.3 is 14.5 Å². The average Bonchev–Trinajstić information content (AvgIpc) is 3.40. The quantitative estimate of drug-likeness (QED) is 0.727. The number of thiophene rings is 1. The third-order valence-corrected chi connectivity index (χ3v) is 7.46. The number of hydrogen-bond acceptors (Lipinski definition) is 5. The maximum atomic E-state index is 13.5. The monoisotopic (exact) mass is 404 g/mol. The van der Waals surface area contributed by atoms with Gasteiger partial charge in [0.2, 0.25) is 5.91 Å². The van der Waals surface area contributed by atoms with Gasteiger partial charge in [0.05, 0.1) is 17.9 Å². The molecule has 28 heavy (non-hydrogen) atoms. The zero-order chi connectivity index (χ0) is 19.7. The summed E-state index contributed by atoms with van der Waals surface area (Å²) in [6.07, 6.45) is 6.63. The highest BCUT2D eigenvalue weighted by Crippen LogP contribution is 2.41. The largest absolute Gasteiger partial charge is 0.467 e. The zero-order valence-corrected chi connectivity index (χ0v) is 17.2. The van der Waals surface area contributed by atoms with E-state index >= 15 is 0 Å². The van der Waals surface area contributed by atoms with Crippen LogP contribution in [0.15, 0.2) is 17.5 Å². The molecule has 0 bridgehead atoms. The van der Waals surface area contributed by atoms with Gasteiger partial charge in [-0.1, -0.05) is 18.9 Å².